The highest BCUT2D eigenvalue weighted by molar-refractivity contribution is 7.89. The summed E-state index contributed by atoms with van der Waals surface area (Å²) in [5.74, 6) is 0.611. The van der Waals surface area contributed by atoms with Crippen molar-refractivity contribution in [3.8, 4) is 5.75 Å². The first kappa shape index (κ1) is 21.2. The number of aliphatic hydroxyl groups is 1. The van der Waals surface area contributed by atoms with E-state index in [0.29, 0.717) is 37.8 Å². The van der Waals surface area contributed by atoms with Crippen molar-refractivity contribution in [3.63, 3.8) is 0 Å². The Bertz CT molecular complexity index is 972. The van der Waals surface area contributed by atoms with Crippen LogP contribution >= 0.6 is 0 Å². The number of rotatable bonds is 5. The summed E-state index contributed by atoms with van der Waals surface area (Å²) >= 11 is 0. The molecule has 4 aliphatic carbocycles. The Kier molecular flexibility index (Phi) is 5.10. The van der Waals surface area contributed by atoms with Crippen LogP contribution in [0, 0.1) is 17.3 Å². The number of aromatic hydroxyl groups is 1. The molecule has 2 unspecified atom stereocenters. The molecule has 0 spiro atoms. The van der Waals surface area contributed by atoms with Crippen molar-refractivity contribution in [2.75, 3.05) is 18.4 Å². The standard InChI is InChI=1S/C23H32N2O5S/c26-20-5-4-18(31(29,30)25-6-2-1-3-7-25)9-19(20)24-21(27)14-22-10-16-8-17(11-22)13-23(28,12-16)15-22/h4-5,9,16-17,26,28H,1-3,6-8,10-15H2,(H,24,27). The molecule has 0 aromatic heterocycles. The quantitative estimate of drug-likeness (QED) is 0.600. The van der Waals surface area contributed by atoms with E-state index in [1.807, 2.05) is 0 Å². The second-order valence-electron chi connectivity index (χ2n) is 10.6. The van der Waals surface area contributed by atoms with Crippen LogP contribution in [0.15, 0.2) is 23.1 Å². The monoisotopic (exact) mass is 448 g/mol. The molecule has 31 heavy (non-hydrogen) atoms. The smallest absolute Gasteiger partial charge is 0.243 e. The van der Waals surface area contributed by atoms with Gasteiger partial charge in [0.05, 0.1) is 16.2 Å². The van der Waals surface area contributed by atoms with Gasteiger partial charge in [0.25, 0.3) is 0 Å². The molecule has 170 valence electrons. The van der Waals surface area contributed by atoms with Gasteiger partial charge >= 0.3 is 0 Å². The molecular weight excluding hydrogens is 416 g/mol. The van der Waals surface area contributed by atoms with Gasteiger partial charge in [-0.3, -0.25) is 4.79 Å². The van der Waals surface area contributed by atoms with E-state index in [1.54, 1.807) is 0 Å². The van der Waals surface area contributed by atoms with Gasteiger partial charge in [0.2, 0.25) is 15.9 Å². The van der Waals surface area contributed by atoms with Gasteiger partial charge in [-0.1, -0.05) is 6.42 Å². The van der Waals surface area contributed by atoms with E-state index in [0.717, 1.165) is 51.4 Å². The van der Waals surface area contributed by atoms with Crippen LogP contribution in [0.5, 0.6) is 5.75 Å². The summed E-state index contributed by atoms with van der Waals surface area (Å²) in [4.78, 5) is 13.0. The summed E-state index contributed by atoms with van der Waals surface area (Å²) in [5, 5.41) is 23.9. The van der Waals surface area contributed by atoms with E-state index in [-0.39, 0.29) is 27.7 Å². The highest BCUT2D eigenvalue weighted by Crippen LogP contribution is 2.62. The van der Waals surface area contributed by atoms with Gasteiger partial charge in [0, 0.05) is 19.5 Å². The minimum absolute atomic E-state index is 0.0895. The van der Waals surface area contributed by atoms with Gasteiger partial charge in [0.1, 0.15) is 5.75 Å². The maximum Gasteiger partial charge on any atom is 0.243 e. The highest BCUT2D eigenvalue weighted by Gasteiger charge is 2.57. The Morgan fingerprint density at radius 1 is 1.10 bits per heavy atom. The summed E-state index contributed by atoms with van der Waals surface area (Å²) in [6.45, 7) is 0.997. The number of nitrogens with one attached hydrogen (secondary N) is 1. The van der Waals surface area contributed by atoms with E-state index < -0.39 is 15.6 Å². The van der Waals surface area contributed by atoms with Crippen molar-refractivity contribution in [1.29, 1.82) is 0 Å². The number of hydrogen-bond donors (Lipinski definition) is 3. The minimum Gasteiger partial charge on any atom is -0.506 e. The molecule has 1 aromatic rings. The topological polar surface area (TPSA) is 107 Å². The molecule has 1 saturated heterocycles. The van der Waals surface area contributed by atoms with Crippen LogP contribution in [0.4, 0.5) is 5.69 Å². The van der Waals surface area contributed by atoms with Crippen LogP contribution < -0.4 is 5.32 Å². The molecule has 5 aliphatic rings. The van der Waals surface area contributed by atoms with Crippen molar-refractivity contribution < 1.29 is 23.4 Å². The van der Waals surface area contributed by atoms with Gasteiger partial charge in [-0.05, 0) is 86.8 Å². The Labute approximate surface area is 183 Å². The number of carbonyl (C=O) groups excluding carboxylic acids is 1. The van der Waals surface area contributed by atoms with E-state index in [2.05, 4.69) is 5.32 Å². The molecule has 2 atom stereocenters. The second-order valence-corrected chi connectivity index (χ2v) is 12.5. The van der Waals surface area contributed by atoms with Crippen LogP contribution in [0.1, 0.15) is 64.2 Å². The summed E-state index contributed by atoms with van der Waals surface area (Å²) in [6.07, 6.45) is 8.47. The van der Waals surface area contributed by atoms with Gasteiger partial charge in [-0.25, -0.2) is 8.42 Å². The molecule has 4 bridgehead atoms. The third kappa shape index (κ3) is 3.98. The third-order valence-corrected chi connectivity index (χ3v) is 9.78. The maximum absolute atomic E-state index is 13.0. The normalized spacial score (nSPS) is 35.3. The molecule has 8 heteroatoms. The molecule has 4 saturated carbocycles. The molecule has 6 rings (SSSR count). The molecule has 5 fully saturated rings. The first-order valence-electron chi connectivity index (χ1n) is 11.5. The van der Waals surface area contributed by atoms with Crippen LogP contribution in [0.25, 0.3) is 0 Å². The Morgan fingerprint density at radius 3 is 2.42 bits per heavy atom. The van der Waals surface area contributed by atoms with Crippen molar-refractivity contribution in [1.82, 2.24) is 4.31 Å². The average molecular weight is 449 g/mol. The molecule has 1 aromatic carbocycles. The van der Waals surface area contributed by atoms with E-state index in [4.69, 9.17) is 0 Å². The fraction of sp³-hybridized carbons (Fsp3) is 0.696. The molecular formula is C23H32N2O5S. The number of anilines is 1. The van der Waals surface area contributed by atoms with Gasteiger partial charge in [0.15, 0.2) is 0 Å². The molecule has 1 heterocycles. The average Bonchev–Trinajstić information content (AvgIpc) is 2.68. The molecule has 1 amide bonds. The number of carbonyl (C=O) groups is 1. The zero-order chi connectivity index (χ0) is 21.9. The van der Waals surface area contributed by atoms with Crippen LogP contribution in [-0.2, 0) is 14.8 Å². The lowest BCUT2D eigenvalue weighted by atomic mass is 9.47. The second kappa shape index (κ2) is 7.46. The van der Waals surface area contributed by atoms with Gasteiger partial charge < -0.3 is 15.5 Å². The maximum atomic E-state index is 13.0. The summed E-state index contributed by atoms with van der Waals surface area (Å²) in [6, 6.07) is 4.09. The number of phenols is 1. The first-order valence-corrected chi connectivity index (χ1v) is 13.0. The zero-order valence-corrected chi connectivity index (χ0v) is 18.7. The highest BCUT2D eigenvalue weighted by atomic mass is 32.2. The van der Waals surface area contributed by atoms with E-state index in [1.165, 1.54) is 22.5 Å². The van der Waals surface area contributed by atoms with Gasteiger partial charge in [-0.15, -0.1) is 0 Å². The predicted octanol–water partition coefficient (Wildman–Crippen LogP) is 3.23. The summed E-state index contributed by atoms with van der Waals surface area (Å²) in [5.41, 5.74) is -0.683. The summed E-state index contributed by atoms with van der Waals surface area (Å²) < 4.78 is 27.4. The van der Waals surface area contributed by atoms with Gasteiger partial charge in [-0.2, -0.15) is 4.31 Å². The largest absolute Gasteiger partial charge is 0.506 e. The zero-order valence-electron chi connectivity index (χ0n) is 17.8. The molecule has 0 radical (unpaired) electrons. The van der Waals surface area contributed by atoms with E-state index in [9.17, 15) is 23.4 Å². The SMILES string of the molecule is O=C(CC12CC3CC(CC(O)(C3)C1)C2)Nc1cc(S(=O)(=O)N2CCCCC2)ccc1O. The number of benzene rings is 1. The number of piperidine rings is 1. The fourth-order valence-electron chi connectivity index (χ4n) is 7.17. The van der Waals surface area contributed by atoms with Crippen LogP contribution in [0.2, 0.25) is 0 Å². The number of amides is 1. The summed E-state index contributed by atoms with van der Waals surface area (Å²) in [7, 11) is -3.65. The fourth-order valence-corrected chi connectivity index (χ4v) is 8.72. The van der Waals surface area contributed by atoms with Crippen LogP contribution in [-0.4, -0.2) is 47.5 Å². The number of nitrogens with zero attached hydrogens (tertiary/aromatic N) is 1. The molecule has 3 N–H and O–H groups in total. The minimum atomic E-state index is -3.65. The Hall–Kier alpha value is -1.64. The lowest BCUT2D eigenvalue weighted by Crippen LogP contribution is -2.56. The Balaban J connectivity index is 1.32. The molecule has 1 aliphatic heterocycles. The lowest BCUT2D eigenvalue weighted by Gasteiger charge is -2.60. The lowest BCUT2D eigenvalue weighted by molar-refractivity contribution is -0.167. The number of hydrogen-bond acceptors (Lipinski definition) is 5. The van der Waals surface area contributed by atoms with Crippen LogP contribution in [0.3, 0.4) is 0 Å². The van der Waals surface area contributed by atoms with Crippen molar-refractivity contribution in [2.45, 2.75) is 74.7 Å². The first-order chi connectivity index (χ1) is 14.7. The third-order valence-electron chi connectivity index (χ3n) is 7.88. The predicted molar refractivity (Wildman–Crippen MR) is 116 cm³/mol. The van der Waals surface area contributed by atoms with E-state index >= 15 is 0 Å². The molecule has 7 nitrogen and oxygen atoms in total. The van der Waals surface area contributed by atoms with Crippen molar-refractivity contribution in [3.05, 3.63) is 18.2 Å². The Morgan fingerprint density at radius 2 is 1.77 bits per heavy atom. The number of phenolic OH excluding ortho intramolecular Hbond substituents is 1. The number of sulfonamides is 1. The van der Waals surface area contributed by atoms with Crippen molar-refractivity contribution in [2.24, 2.45) is 17.3 Å². The van der Waals surface area contributed by atoms with Crippen molar-refractivity contribution >= 4 is 21.6 Å².